The van der Waals surface area contributed by atoms with Crippen LogP contribution in [0.3, 0.4) is 0 Å². The molecule has 0 saturated carbocycles. The van der Waals surface area contributed by atoms with Crippen LogP contribution >= 0.6 is 0 Å². The first kappa shape index (κ1) is 15.3. The highest BCUT2D eigenvalue weighted by molar-refractivity contribution is 5.72. The fourth-order valence-corrected chi connectivity index (χ4v) is 2.18. The van der Waals surface area contributed by atoms with Crippen molar-refractivity contribution >= 4 is 5.91 Å². The van der Waals surface area contributed by atoms with Gasteiger partial charge in [0.2, 0.25) is 5.91 Å². The highest BCUT2D eigenvalue weighted by Gasteiger charge is 2.23. The second-order valence-corrected chi connectivity index (χ2v) is 5.53. The Balaban J connectivity index is 2.53. The Labute approximate surface area is 114 Å². The predicted octanol–water partition coefficient (Wildman–Crippen LogP) is 2.68. The van der Waals surface area contributed by atoms with Crippen LogP contribution in [0.4, 0.5) is 0 Å². The number of unbranched alkanes of at least 4 members (excludes halogenated alkanes) is 1. The van der Waals surface area contributed by atoms with E-state index in [4.69, 9.17) is 0 Å². The average molecular weight is 265 g/mol. The van der Waals surface area contributed by atoms with Gasteiger partial charge in [-0.1, -0.05) is 26.3 Å². The number of rotatable bonds is 6. The molecule has 0 aliphatic heterocycles. The molecular weight excluding hydrogens is 242 g/mol. The molecule has 4 nitrogen and oxygen atoms in total. The van der Waals surface area contributed by atoms with E-state index < -0.39 is 0 Å². The van der Waals surface area contributed by atoms with Crippen LogP contribution in [-0.2, 0) is 10.2 Å². The van der Waals surface area contributed by atoms with Crippen molar-refractivity contribution < 1.29 is 15.0 Å². The van der Waals surface area contributed by atoms with Gasteiger partial charge in [0.15, 0.2) is 0 Å². The molecule has 1 amide bonds. The number of carbonyl (C=O) groups is 1. The van der Waals surface area contributed by atoms with Crippen LogP contribution in [-0.4, -0.2) is 22.7 Å². The van der Waals surface area contributed by atoms with Gasteiger partial charge < -0.3 is 15.5 Å². The molecule has 0 aliphatic rings. The predicted molar refractivity (Wildman–Crippen MR) is 75.3 cm³/mol. The number of phenols is 2. The molecule has 0 radical (unpaired) electrons. The topological polar surface area (TPSA) is 69.6 Å². The average Bonchev–Trinajstić information content (AvgIpc) is 2.27. The van der Waals surface area contributed by atoms with Crippen LogP contribution < -0.4 is 5.32 Å². The van der Waals surface area contributed by atoms with Crippen molar-refractivity contribution in [2.24, 2.45) is 0 Å². The number of benzene rings is 1. The number of phenolic OH excluding ortho intramolecular Hbond substituents is 2. The fraction of sp³-hybridized carbons (Fsp3) is 0.533. The SMILES string of the molecule is CC(=O)NCCCCC(C)(C)c1ccc(O)cc1O. The highest BCUT2D eigenvalue weighted by Crippen LogP contribution is 2.36. The Hall–Kier alpha value is -1.71. The van der Waals surface area contributed by atoms with Gasteiger partial charge >= 0.3 is 0 Å². The Morgan fingerprint density at radius 1 is 1.26 bits per heavy atom. The van der Waals surface area contributed by atoms with Crippen LogP contribution in [0.5, 0.6) is 11.5 Å². The second-order valence-electron chi connectivity index (χ2n) is 5.53. The van der Waals surface area contributed by atoms with Gasteiger partial charge in [0.05, 0.1) is 0 Å². The third kappa shape index (κ3) is 4.81. The van der Waals surface area contributed by atoms with Gasteiger partial charge in [-0.15, -0.1) is 0 Å². The molecule has 3 N–H and O–H groups in total. The summed E-state index contributed by atoms with van der Waals surface area (Å²) < 4.78 is 0. The van der Waals surface area contributed by atoms with Gasteiger partial charge in [-0.05, 0) is 29.9 Å². The zero-order valence-electron chi connectivity index (χ0n) is 11.9. The largest absolute Gasteiger partial charge is 0.508 e. The maximum atomic E-state index is 10.7. The Morgan fingerprint density at radius 2 is 1.95 bits per heavy atom. The molecule has 0 atom stereocenters. The van der Waals surface area contributed by atoms with Crippen molar-refractivity contribution in [3.05, 3.63) is 23.8 Å². The number of hydrogen-bond acceptors (Lipinski definition) is 3. The summed E-state index contributed by atoms with van der Waals surface area (Å²) >= 11 is 0. The Kier molecular flexibility index (Phi) is 5.21. The summed E-state index contributed by atoms with van der Waals surface area (Å²) in [7, 11) is 0. The summed E-state index contributed by atoms with van der Waals surface area (Å²) in [5.41, 5.74) is 0.679. The van der Waals surface area contributed by atoms with Crippen molar-refractivity contribution in [3.63, 3.8) is 0 Å². The molecule has 19 heavy (non-hydrogen) atoms. The van der Waals surface area contributed by atoms with E-state index in [0.717, 1.165) is 24.8 Å². The minimum Gasteiger partial charge on any atom is -0.508 e. The van der Waals surface area contributed by atoms with Crippen LogP contribution in [0.25, 0.3) is 0 Å². The van der Waals surface area contributed by atoms with Gasteiger partial charge in [0.1, 0.15) is 11.5 Å². The molecule has 106 valence electrons. The molecular formula is C15H23NO3. The molecule has 0 spiro atoms. The van der Waals surface area contributed by atoms with Crippen molar-refractivity contribution in [2.45, 2.75) is 45.4 Å². The monoisotopic (exact) mass is 265 g/mol. The van der Waals surface area contributed by atoms with Crippen molar-refractivity contribution in [2.75, 3.05) is 6.54 Å². The van der Waals surface area contributed by atoms with Gasteiger partial charge in [-0.3, -0.25) is 4.79 Å². The summed E-state index contributed by atoms with van der Waals surface area (Å²) in [4.78, 5) is 10.7. The van der Waals surface area contributed by atoms with E-state index >= 15 is 0 Å². The first-order valence-corrected chi connectivity index (χ1v) is 6.60. The summed E-state index contributed by atoms with van der Waals surface area (Å²) in [6.07, 6.45) is 2.79. The van der Waals surface area contributed by atoms with Gasteiger partial charge in [-0.25, -0.2) is 0 Å². The maximum absolute atomic E-state index is 10.7. The quantitative estimate of drug-likeness (QED) is 0.693. The zero-order chi connectivity index (χ0) is 14.5. The smallest absolute Gasteiger partial charge is 0.216 e. The lowest BCUT2D eigenvalue weighted by atomic mass is 9.79. The summed E-state index contributed by atoms with van der Waals surface area (Å²) in [5.74, 6) is 0.199. The molecule has 1 rings (SSSR count). The van der Waals surface area contributed by atoms with E-state index in [2.05, 4.69) is 19.2 Å². The minimum atomic E-state index is -0.159. The van der Waals surface area contributed by atoms with Crippen LogP contribution in [0.15, 0.2) is 18.2 Å². The Morgan fingerprint density at radius 3 is 2.53 bits per heavy atom. The lowest BCUT2D eigenvalue weighted by Crippen LogP contribution is -2.22. The molecule has 0 saturated heterocycles. The third-order valence-electron chi connectivity index (χ3n) is 3.31. The van der Waals surface area contributed by atoms with Crippen LogP contribution in [0.2, 0.25) is 0 Å². The zero-order valence-corrected chi connectivity index (χ0v) is 11.9. The first-order chi connectivity index (χ1) is 8.83. The maximum Gasteiger partial charge on any atom is 0.216 e. The molecule has 0 aromatic heterocycles. The molecule has 0 fully saturated rings. The molecule has 1 aromatic rings. The molecule has 0 unspecified atom stereocenters. The fourth-order valence-electron chi connectivity index (χ4n) is 2.18. The van der Waals surface area contributed by atoms with E-state index in [1.807, 2.05) is 0 Å². The normalized spacial score (nSPS) is 11.3. The summed E-state index contributed by atoms with van der Waals surface area (Å²) in [5, 5.41) is 22.0. The highest BCUT2D eigenvalue weighted by atomic mass is 16.3. The number of hydrogen-bond donors (Lipinski definition) is 3. The van der Waals surface area contributed by atoms with Crippen LogP contribution in [0.1, 0.15) is 45.6 Å². The van der Waals surface area contributed by atoms with E-state index in [0.29, 0.717) is 6.54 Å². The molecule has 1 aromatic carbocycles. The molecule has 0 bridgehead atoms. The number of carbonyl (C=O) groups excluding carboxylic acids is 1. The van der Waals surface area contributed by atoms with E-state index in [9.17, 15) is 15.0 Å². The Bertz CT molecular complexity index is 441. The number of aromatic hydroxyl groups is 2. The molecule has 0 aliphatic carbocycles. The van der Waals surface area contributed by atoms with Crippen LogP contribution in [0, 0.1) is 0 Å². The van der Waals surface area contributed by atoms with Crippen molar-refractivity contribution in [1.29, 1.82) is 0 Å². The minimum absolute atomic E-state index is 0.00422. The summed E-state index contributed by atoms with van der Waals surface area (Å²) in [6, 6.07) is 4.72. The summed E-state index contributed by atoms with van der Waals surface area (Å²) in [6.45, 7) is 6.33. The van der Waals surface area contributed by atoms with E-state index in [1.54, 1.807) is 12.1 Å². The number of nitrogens with one attached hydrogen (secondary N) is 1. The van der Waals surface area contributed by atoms with Crippen molar-refractivity contribution in [1.82, 2.24) is 5.32 Å². The standard InChI is InChI=1S/C15H23NO3/c1-11(17)16-9-5-4-8-15(2,3)13-7-6-12(18)10-14(13)19/h6-7,10,18-19H,4-5,8-9H2,1-3H3,(H,16,17). The second kappa shape index (κ2) is 6.45. The van der Waals surface area contributed by atoms with Gasteiger partial charge in [0, 0.05) is 19.5 Å². The van der Waals surface area contributed by atoms with Gasteiger partial charge in [0.25, 0.3) is 0 Å². The van der Waals surface area contributed by atoms with Gasteiger partial charge in [-0.2, -0.15) is 0 Å². The lowest BCUT2D eigenvalue weighted by molar-refractivity contribution is -0.118. The number of amides is 1. The van der Waals surface area contributed by atoms with E-state index in [1.165, 1.54) is 13.0 Å². The molecule has 4 heteroatoms. The lowest BCUT2D eigenvalue weighted by Gasteiger charge is -2.26. The third-order valence-corrected chi connectivity index (χ3v) is 3.31. The molecule has 0 heterocycles. The van der Waals surface area contributed by atoms with Crippen molar-refractivity contribution in [3.8, 4) is 11.5 Å². The van der Waals surface area contributed by atoms with E-state index in [-0.39, 0.29) is 22.8 Å². The first-order valence-electron chi connectivity index (χ1n) is 6.60.